The first kappa shape index (κ1) is 21.1. The zero-order valence-corrected chi connectivity index (χ0v) is 17.3. The van der Waals surface area contributed by atoms with E-state index >= 15 is 0 Å². The Morgan fingerprint density at radius 2 is 1.69 bits per heavy atom. The van der Waals surface area contributed by atoms with Gasteiger partial charge in [0.2, 0.25) is 10.0 Å². The molecule has 2 unspecified atom stereocenters. The lowest BCUT2D eigenvalue weighted by atomic mass is 9.87. The molecular weight excluding hydrogens is 391 g/mol. The fourth-order valence-corrected chi connectivity index (χ4v) is 4.30. The highest BCUT2D eigenvalue weighted by Gasteiger charge is 2.32. The number of nitrogens with one attached hydrogen (secondary N) is 1. The topological polar surface area (TPSA) is 76.1 Å². The van der Waals surface area contributed by atoms with Crippen LogP contribution in [0.25, 0.3) is 0 Å². The van der Waals surface area contributed by atoms with E-state index in [1.807, 2.05) is 20.8 Å². The third-order valence-electron chi connectivity index (χ3n) is 4.78. The number of aromatic nitrogens is 1. The molecule has 1 N–H and O–H groups in total. The van der Waals surface area contributed by atoms with E-state index in [1.165, 1.54) is 42.7 Å². The molecule has 152 valence electrons. The molecule has 3 rings (SSSR count). The molecule has 1 aliphatic rings. The van der Waals surface area contributed by atoms with E-state index in [-0.39, 0.29) is 16.1 Å². The third kappa shape index (κ3) is 4.86. The Hall–Kier alpha value is -2.64. The molecule has 0 aliphatic heterocycles. The highest BCUT2D eigenvalue weighted by atomic mass is 32.2. The summed E-state index contributed by atoms with van der Waals surface area (Å²) >= 11 is 0. The van der Waals surface area contributed by atoms with Crippen molar-refractivity contribution >= 4 is 15.8 Å². The van der Waals surface area contributed by atoms with Crippen LogP contribution in [0.2, 0.25) is 0 Å². The van der Waals surface area contributed by atoms with E-state index in [9.17, 15) is 17.6 Å². The Morgan fingerprint density at radius 1 is 1.07 bits per heavy atom. The summed E-state index contributed by atoms with van der Waals surface area (Å²) in [6.07, 6.45) is 6.58. The van der Waals surface area contributed by atoms with Crippen molar-refractivity contribution in [1.29, 1.82) is 0 Å². The Balaban J connectivity index is 1.86. The maximum Gasteiger partial charge on any atom is 0.241 e. The van der Waals surface area contributed by atoms with Gasteiger partial charge < -0.3 is 0 Å². The summed E-state index contributed by atoms with van der Waals surface area (Å²) in [5.74, 6) is -1.96. The first-order chi connectivity index (χ1) is 13.6. The minimum atomic E-state index is -3.91. The summed E-state index contributed by atoms with van der Waals surface area (Å²) in [5, 5.41) is 0. The van der Waals surface area contributed by atoms with Crippen LogP contribution >= 0.6 is 0 Å². The molecule has 0 saturated carbocycles. The van der Waals surface area contributed by atoms with Crippen molar-refractivity contribution < 1.29 is 17.6 Å². The van der Waals surface area contributed by atoms with Gasteiger partial charge >= 0.3 is 0 Å². The number of nitrogens with zero attached hydrogens (tertiary/aromatic N) is 1. The van der Waals surface area contributed by atoms with Crippen LogP contribution in [0.4, 0.5) is 4.39 Å². The molecule has 7 heteroatoms. The summed E-state index contributed by atoms with van der Waals surface area (Å²) in [5.41, 5.74) is 1.24. The van der Waals surface area contributed by atoms with Crippen molar-refractivity contribution in [3.63, 3.8) is 0 Å². The Labute approximate surface area is 170 Å². The van der Waals surface area contributed by atoms with E-state index in [2.05, 4.69) is 9.71 Å². The maximum absolute atomic E-state index is 13.8. The predicted molar refractivity (Wildman–Crippen MR) is 110 cm³/mol. The van der Waals surface area contributed by atoms with E-state index in [4.69, 9.17) is 0 Å². The van der Waals surface area contributed by atoms with E-state index in [0.717, 1.165) is 17.7 Å². The molecule has 29 heavy (non-hydrogen) atoms. The summed E-state index contributed by atoms with van der Waals surface area (Å²) in [6, 6.07) is 8.74. The Bertz CT molecular complexity index is 1050. The molecule has 0 bridgehead atoms. The highest BCUT2D eigenvalue weighted by molar-refractivity contribution is 7.89. The van der Waals surface area contributed by atoms with Gasteiger partial charge in [0.25, 0.3) is 0 Å². The number of hydrogen-bond donors (Lipinski definition) is 1. The number of ketones is 1. The molecule has 2 aromatic rings. The fourth-order valence-electron chi connectivity index (χ4n) is 3.09. The third-order valence-corrected chi connectivity index (χ3v) is 6.25. The molecule has 1 heterocycles. The number of sulfonamides is 1. The second kappa shape index (κ2) is 8.00. The largest absolute Gasteiger partial charge is 0.293 e. The smallest absolute Gasteiger partial charge is 0.241 e. The molecule has 0 spiro atoms. The normalized spacial score (nSPS) is 19.7. The molecule has 1 aliphatic carbocycles. The fraction of sp³-hybridized carbons (Fsp3) is 0.273. The van der Waals surface area contributed by atoms with Crippen LogP contribution in [0.3, 0.4) is 0 Å². The molecule has 1 aromatic heterocycles. The predicted octanol–water partition coefficient (Wildman–Crippen LogP) is 3.95. The van der Waals surface area contributed by atoms with Crippen molar-refractivity contribution in [1.82, 2.24) is 9.71 Å². The molecular formula is C22H23FN2O3S. The lowest BCUT2D eigenvalue weighted by molar-refractivity contribution is 0.0934. The number of pyridine rings is 1. The van der Waals surface area contributed by atoms with Crippen molar-refractivity contribution in [2.24, 2.45) is 5.92 Å². The van der Waals surface area contributed by atoms with Crippen LogP contribution in [-0.2, 0) is 15.4 Å². The van der Waals surface area contributed by atoms with Gasteiger partial charge in [0.1, 0.15) is 5.83 Å². The minimum absolute atomic E-state index is 0.0871. The number of carbonyl (C=O) groups excluding carboxylic acids is 1. The number of benzene rings is 1. The van der Waals surface area contributed by atoms with E-state index < -0.39 is 27.8 Å². The maximum atomic E-state index is 13.8. The van der Waals surface area contributed by atoms with Gasteiger partial charge in [-0.3, -0.25) is 9.78 Å². The number of Topliss-reactive ketones (excluding diaryl/α,β-unsaturated/α-hetero) is 1. The first-order valence-electron chi connectivity index (χ1n) is 9.20. The average molecular weight is 415 g/mol. The van der Waals surface area contributed by atoms with E-state index in [0.29, 0.717) is 5.56 Å². The van der Waals surface area contributed by atoms with Crippen molar-refractivity contribution in [2.75, 3.05) is 0 Å². The molecule has 1 aromatic carbocycles. The van der Waals surface area contributed by atoms with Gasteiger partial charge in [-0.25, -0.2) is 17.5 Å². The summed E-state index contributed by atoms with van der Waals surface area (Å²) in [6.45, 7) is 6.12. The zero-order chi connectivity index (χ0) is 21.2. The van der Waals surface area contributed by atoms with Crippen LogP contribution in [0.1, 0.15) is 36.7 Å². The molecule has 0 fully saturated rings. The quantitative estimate of drug-likeness (QED) is 0.752. The Kier molecular flexibility index (Phi) is 5.82. The summed E-state index contributed by atoms with van der Waals surface area (Å²) in [7, 11) is -3.91. The molecule has 5 nitrogen and oxygen atoms in total. The SMILES string of the molecule is CC(C)(C)c1ccc(S(=O)(=O)NC2C=CC(F)=CC2C(=O)c2ccncc2)cc1. The van der Waals surface area contributed by atoms with Crippen LogP contribution in [-0.4, -0.2) is 25.2 Å². The molecule has 0 amide bonds. The van der Waals surface area contributed by atoms with E-state index in [1.54, 1.807) is 12.1 Å². The van der Waals surface area contributed by atoms with Gasteiger partial charge in [-0.2, -0.15) is 0 Å². The summed E-state index contributed by atoms with van der Waals surface area (Å²) in [4.78, 5) is 16.8. The van der Waals surface area contributed by atoms with Crippen molar-refractivity contribution in [3.05, 3.63) is 84.0 Å². The molecule has 0 radical (unpaired) electrons. The number of hydrogen-bond acceptors (Lipinski definition) is 4. The lowest BCUT2D eigenvalue weighted by Crippen LogP contribution is -2.42. The lowest BCUT2D eigenvalue weighted by Gasteiger charge is -2.25. The van der Waals surface area contributed by atoms with Crippen molar-refractivity contribution in [2.45, 2.75) is 37.1 Å². The minimum Gasteiger partial charge on any atom is -0.293 e. The van der Waals surface area contributed by atoms with Gasteiger partial charge in [0.05, 0.1) is 16.9 Å². The number of allylic oxidation sites excluding steroid dienone is 2. The summed E-state index contributed by atoms with van der Waals surface area (Å²) < 4.78 is 42.1. The second-order valence-electron chi connectivity index (χ2n) is 7.96. The van der Waals surface area contributed by atoms with Crippen LogP contribution in [0, 0.1) is 5.92 Å². The molecule has 0 saturated heterocycles. The van der Waals surface area contributed by atoms with Gasteiger partial charge in [0.15, 0.2) is 5.78 Å². The van der Waals surface area contributed by atoms with Crippen LogP contribution < -0.4 is 4.72 Å². The second-order valence-corrected chi connectivity index (χ2v) is 9.67. The van der Waals surface area contributed by atoms with Gasteiger partial charge in [-0.05, 0) is 47.4 Å². The highest BCUT2D eigenvalue weighted by Crippen LogP contribution is 2.26. The zero-order valence-electron chi connectivity index (χ0n) is 16.5. The standard InChI is InChI=1S/C22H23FN2O3S/c1-22(2,3)16-4-7-18(8-5-16)29(27,28)25-20-9-6-17(23)14-19(20)21(26)15-10-12-24-13-11-15/h4-14,19-20,25H,1-3H3. The van der Waals surface area contributed by atoms with Gasteiger partial charge in [-0.1, -0.05) is 39.0 Å². The molecule has 2 atom stereocenters. The van der Waals surface area contributed by atoms with Crippen LogP contribution in [0.5, 0.6) is 0 Å². The number of halogens is 1. The van der Waals surface area contributed by atoms with Crippen LogP contribution in [0.15, 0.2) is 77.7 Å². The van der Waals surface area contributed by atoms with Gasteiger partial charge in [-0.15, -0.1) is 0 Å². The first-order valence-corrected chi connectivity index (χ1v) is 10.7. The Morgan fingerprint density at radius 3 is 2.28 bits per heavy atom. The number of rotatable bonds is 5. The monoisotopic (exact) mass is 414 g/mol. The van der Waals surface area contributed by atoms with Gasteiger partial charge in [0, 0.05) is 18.0 Å². The average Bonchev–Trinajstić information content (AvgIpc) is 2.69. The number of carbonyl (C=O) groups is 1. The van der Waals surface area contributed by atoms with Crippen molar-refractivity contribution in [3.8, 4) is 0 Å².